The SMILES string of the molecule is COc1ccc(-c2csc(C(=O)C(=O)O)c2)cc1. The van der Waals surface area contributed by atoms with Crippen LogP contribution in [-0.4, -0.2) is 24.0 Å². The Bertz CT molecular complexity index is 583. The van der Waals surface area contributed by atoms with Crippen molar-refractivity contribution in [1.82, 2.24) is 0 Å². The van der Waals surface area contributed by atoms with Crippen molar-refractivity contribution in [3.63, 3.8) is 0 Å². The molecule has 2 aromatic rings. The second-order valence-electron chi connectivity index (χ2n) is 3.56. The second-order valence-corrected chi connectivity index (χ2v) is 4.47. The van der Waals surface area contributed by atoms with Gasteiger partial charge in [-0.2, -0.15) is 0 Å². The largest absolute Gasteiger partial charge is 0.497 e. The lowest BCUT2D eigenvalue weighted by atomic mass is 10.1. The Morgan fingerprint density at radius 2 is 1.83 bits per heavy atom. The summed E-state index contributed by atoms with van der Waals surface area (Å²) in [6.45, 7) is 0. The van der Waals surface area contributed by atoms with Gasteiger partial charge >= 0.3 is 5.97 Å². The fraction of sp³-hybridized carbons (Fsp3) is 0.0769. The van der Waals surface area contributed by atoms with Crippen LogP contribution in [0.2, 0.25) is 0 Å². The smallest absolute Gasteiger partial charge is 0.378 e. The lowest BCUT2D eigenvalue weighted by molar-refractivity contribution is -0.131. The molecule has 2 rings (SSSR count). The minimum absolute atomic E-state index is 0.230. The summed E-state index contributed by atoms with van der Waals surface area (Å²) in [7, 11) is 1.59. The third kappa shape index (κ3) is 2.41. The summed E-state index contributed by atoms with van der Waals surface area (Å²) in [5.41, 5.74) is 1.74. The van der Waals surface area contributed by atoms with Crippen molar-refractivity contribution < 1.29 is 19.4 Å². The molecule has 0 radical (unpaired) electrons. The van der Waals surface area contributed by atoms with E-state index in [4.69, 9.17) is 9.84 Å². The van der Waals surface area contributed by atoms with Crippen LogP contribution in [-0.2, 0) is 4.79 Å². The first-order chi connectivity index (χ1) is 8.61. The molecule has 0 amide bonds. The molecule has 0 unspecified atom stereocenters. The Morgan fingerprint density at radius 1 is 1.17 bits per heavy atom. The van der Waals surface area contributed by atoms with Gasteiger partial charge in [0.2, 0.25) is 0 Å². The van der Waals surface area contributed by atoms with E-state index in [9.17, 15) is 9.59 Å². The summed E-state index contributed by atoms with van der Waals surface area (Å²) in [5, 5.41) is 10.4. The Morgan fingerprint density at radius 3 is 2.39 bits per heavy atom. The molecule has 0 atom stereocenters. The van der Waals surface area contributed by atoms with Crippen molar-refractivity contribution in [2.24, 2.45) is 0 Å². The van der Waals surface area contributed by atoms with Gasteiger partial charge < -0.3 is 9.84 Å². The number of hydrogen-bond donors (Lipinski definition) is 1. The predicted molar refractivity (Wildman–Crippen MR) is 68.3 cm³/mol. The summed E-state index contributed by atoms with van der Waals surface area (Å²) in [6, 6.07) is 8.92. The highest BCUT2D eigenvalue weighted by molar-refractivity contribution is 7.13. The Balaban J connectivity index is 2.29. The van der Waals surface area contributed by atoms with E-state index < -0.39 is 11.8 Å². The molecule has 0 fully saturated rings. The van der Waals surface area contributed by atoms with Crippen molar-refractivity contribution in [2.75, 3.05) is 7.11 Å². The van der Waals surface area contributed by atoms with Gasteiger partial charge in [-0.05, 0) is 34.7 Å². The fourth-order valence-electron chi connectivity index (χ4n) is 1.50. The number of ketones is 1. The van der Waals surface area contributed by atoms with Gasteiger partial charge in [0, 0.05) is 0 Å². The summed E-state index contributed by atoms with van der Waals surface area (Å²) >= 11 is 1.13. The van der Waals surface area contributed by atoms with Crippen molar-refractivity contribution >= 4 is 23.1 Å². The van der Waals surface area contributed by atoms with Gasteiger partial charge in [0.05, 0.1) is 12.0 Å². The normalized spacial score (nSPS) is 10.1. The highest BCUT2D eigenvalue weighted by Gasteiger charge is 2.17. The molecule has 0 aliphatic rings. The molecule has 0 saturated heterocycles. The standard InChI is InChI=1S/C13H10O4S/c1-17-10-4-2-8(3-5-10)9-6-11(18-7-9)12(14)13(15)16/h2-7H,1H3,(H,15,16). The molecule has 18 heavy (non-hydrogen) atoms. The quantitative estimate of drug-likeness (QED) is 0.679. The Labute approximate surface area is 107 Å². The number of rotatable bonds is 4. The second kappa shape index (κ2) is 5.01. The Hall–Kier alpha value is -2.14. The number of methoxy groups -OCH3 is 1. The van der Waals surface area contributed by atoms with Gasteiger partial charge in [-0.3, -0.25) is 4.79 Å². The van der Waals surface area contributed by atoms with Crippen LogP contribution in [0.4, 0.5) is 0 Å². The molecule has 0 aliphatic heterocycles. The first kappa shape index (κ1) is 12.3. The van der Waals surface area contributed by atoms with Crippen molar-refractivity contribution in [3.8, 4) is 16.9 Å². The fourth-order valence-corrected chi connectivity index (χ4v) is 2.34. The molecule has 4 nitrogen and oxygen atoms in total. The number of thiophene rings is 1. The van der Waals surface area contributed by atoms with E-state index >= 15 is 0 Å². The molecule has 0 bridgehead atoms. The van der Waals surface area contributed by atoms with E-state index in [1.165, 1.54) is 0 Å². The molecular weight excluding hydrogens is 252 g/mol. The predicted octanol–water partition coefficient (Wildman–Crippen LogP) is 2.69. The third-order valence-electron chi connectivity index (χ3n) is 2.44. The number of benzene rings is 1. The molecule has 1 aromatic heterocycles. The maximum absolute atomic E-state index is 11.3. The molecule has 1 N–H and O–H groups in total. The first-order valence-electron chi connectivity index (χ1n) is 5.12. The number of carboxylic acids is 1. The summed E-state index contributed by atoms with van der Waals surface area (Å²) in [5.74, 6) is -1.56. The number of carbonyl (C=O) groups excluding carboxylic acids is 1. The number of aliphatic carboxylic acids is 1. The van der Waals surface area contributed by atoms with Crippen LogP contribution in [0.1, 0.15) is 9.67 Å². The highest BCUT2D eigenvalue weighted by Crippen LogP contribution is 2.27. The average molecular weight is 262 g/mol. The molecule has 5 heteroatoms. The van der Waals surface area contributed by atoms with Crippen LogP contribution < -0.4 is 4.74 Å². The monoisotopic (exact) mass is 262 g/mol. The molecule has 1 heterocycles. The van der Waals surface area contributed by atoms with Crippen LogP contribution in [0.15, 0.2) is 35.7 Å². The van der Waals surface area contributed by atoms with E-state index in [1.807, 2.05) is 24.3 Å². The Kier molecular flexibility index (Phi) is 3.43. The van der Waals surface area contributed by atoms with Crippen LogP contribution in [0.25, 0.3) is 11.1 Å². The first-order valence-corrected chi connectivity index (χ1v) is 6.00. The molecular formula is C13H10O4S. The van der Waals surface area contributed by atoms with Crippen molar-refractivity contribution in [3.05, 3.63) is 40.6 Å². The van der Waals surface area contributed by atoms with Crippen LogP contribution in [0, 0.1) is 0 Å². The van der Waals surface area contributed by atoms with Crippen LogP contribution in [0.3, 0.4) is 0 Å². The van der Waals surface area contributed by atoms with Gasteiger partial charge in [-0.25, -0.2) is 4.79 Å². The highest BCUT2D eigenvalue weighted by atomic mass is 32.1. The topological polar surface area (TPSA) is 63.6 Å². The van der Waals surface area contributed by atoms with E-state index in [0.29, 0.717) is 0 Å². The van der Waals surface area contributed by atoms with Crippen LogP contribution in [0.5, 0.6) is 5.75 Å². The van der Waals surface area contributed by atoms with Gasteiger partial charge in [-0.1, -0.05) is 12.1 Å². The minimum Gasteiger partial charge on any atom is -0.497 e. The molecule has 0 saturated carbocycles. The van der Waals surface area contributed by atoms with E-state index in [1.54, 1.807) is 18.6 Å². The number of Topliss-reactive ketones (excluding diaryl/α,β-unsaturated/α-hetero) is 1. The van der Waals surface area contributed by atoms with E-state index in [0.717, 1.165) is 28.2 Å². The molecule has 1 aromatic carbocycles. The minimum atomic E-state index is -1.43. The van der Waals surface area contributed by atoms with Crippen molar-refractivity contribution in [1.29, 1.82) is 0 Å². The lowest BCUT2D eigenvalue weighted by Gasteiger charge is -2.00. The number of carboxylic acid groups (broad SMARTS) is 1. The number of hydrogen-bond acceptors (Lipinski definition) is 4. The van der Waals surface area contributed by atoms with Crippen molar-refractivity contribution in [2.45, 2.75) is 0 Å². The molecule has 0 spiro atoms. The van der Waals surface area contributed by atoms with E-state index in [2.05, 4.69) is 0 Å². The van der Waals surface area contributed by atoms with Gasteiger partial charge in [0.1, 0.15) is 5.75 Å². The molecule has 92 valence electrons. The van der Waals surface area contributed by atoms with Crippen LogP contribution >= 0.6 is 11.3 Å². The van der Waals surface area contributed by atoms with Gasteiger partial charge in [0.15, 0.2) is 0 Å². The lowest BCUT2D eigenvalue weighted by Crippen LogP contribution is -2.10. The average Bonchev–Trinajstić information content (AvgIpc) is 2.87. The summed E-state index contributed by atoms with van der Waals surface area (Å²) in [6.07, 6.45) is 0. The zero-order chi connectivity index (χ0) is 13.1. The number of carbonyl (C=O) groups is 2. The van der Waals surface area contributed by atoms with Gasteiger partial charge in [-0.15, -0.1) is 11.3 Å². The zero-order valence-electron chi connectivity index (χ0n) is 9.54. The number of ether oxygens (including phenoxy) is 1. The third-order valence-corrected chi connectivity index (χ3v) is 3.37. The maximum atomic E-state index is 11.3. The van der Waals surface area contributed by atoms with Gasteiger partial charge in [0.25, 0.3) is 5.78 Å². The summed E-state index contributed by atoms with van der Waals surface area (Å²) in [4.78, 5) is 22.1. The zero-order valence-corrected chi connectivity index (χ0v) is 10.4. The maximum Gasteiger partial charge on any atom is 0.378 e. The van der Waals surface area contributed by atoms with E-state index in [-0.39, 0.29) is 4.88 Å². The summed E-state index contributed by atoms with van der Waals surface area (Å²) < 4.78 is 5.05. The molecule has 0 aliphatic carbocycles.